The Labute approximate surface area is 111 Å². The SMILES string of the molecule is C/N=C1/C2=C=CC=CC=C2C(=O)c2cccc(N)c21. The molecule has 0 saturated carbocycles. The van der Waals surface area contributed by atoms with E-state index in [2.05, 4.69) is 10.7 Å². The fourth-order valence-electron chi connectivity index (χ4n) is 2.40. The van der Waals surface area contributed by atoms with Crippen LogP contribution in [0, 0.1) is 0 Å². The first-order chi connectivity index (χ1) is 9.24. The summed E-state index contributed by atoms with van der Waals surface area (Å²) in [4.78, 5) is 16.8. The predicted octanol–water partition coefficient (Wildman–Crippen LogP) is 2.46. The van der Waals surface area contributed by atoms with Crippen molar-refractivity contribution in [3.63, 3.8) is 0 Å². The van der Waals surface area contributed by atoms with E-state index in [1.165, 1.54) is 0 Å². The molecule has 19 heavy (non-hydrogen) atoms. The van der Waals surface area contributed by atoms with Crippen LogP contribution in [0.5, 0.6) is 0 Å². The van der Waals surface area contributed by atoms with Gasteiger partial charge >= 0.3 is 0 Å². The van der Waals surface area contributed by atoms with Crippen LogP contribution in [-0.2, 0) is 0 Å². The van der Waals surface area contributed by atoms with Gasteiger partial charge in [0.25, 0.3) is 0 Å². The van der Waals surface area contributed by atoms with Gasteiger partial charge < -0.3 is 5.73 Å². The van der Waals surface area contributed by atoms with E-state index in [-0.39, 0.29) is 5.78 Å². The van der Waals surface area contributed by atoms with Gasteiger partial charge in [0.2, 0.25) is 0 Å². The number of aliphatic imine (C=N–C) groups is 1. The summed E-state index contributed by atoms with van der Waals surface area (Å²) >= 11 is 0. The standard InChI is InChI=1S/C16H12N2O/c1-18-15-10-6-3-2-4-7-11(10)16(19)12-8-5-9-13(17)14(12)15/h2-5,7-9H,17H2,1H3/b18-15-. The van der Waals surface area contributed by atoms with Crippen LogP contribution >= 0.6 is 0 Å². The number of hydrogen-bond acceptors (Lipinski definition) is 3. The van der Waals surface area contributed by atoms with Gasteiger partial charge in [0, 0.05) is 29.4 Å². The lowest BCUT2D eigenvalue weighted by atomic mass is 9.81. The number of nitrogens with two attached hydrogens (primary N) is 1. The molecule has 0 unspecified atom stereocenters. The third-order valence-corrected chi connectivity index (χ3v) is 3.25. The summed E-state index contributed by atoms with van der Waals surface area (Å²) in [5.41, 5.74) is 13.1. The second kappa shape index (κ2) is 4.23. The van der Waals surface area contributed by atoms with E-state index in [1.807, 2.05) is 12.2 Å². The molecule has 1 aromatic rings. The molecule has 2 N–H and O–H groups in total. The number of Topliss-reactive ketones (excluding diaryl/α,β-unsaturated/α-hetero) is 1. The highest BCUT2D eigenvalue weighted by Gasteiger charge is 2.31. The monoisotopic (exact) mass is 248 g/mol. The Bertz CT molecular complexity index is 742. The maximum absolute atomic E-state index is 12.5. The van der Waals surface area contributed by atoms with Gasteiger partial charge in [-0.05, 0) is 18.2 Å². The first-order valence-corrected chi connectivity index (χ1v) is 5.98. The van der Waals surface area contributed by atoms with Crippen molar-refractivity contribution >= 4 is 17.2 Å². The minimum atomic E-state index is -0.0304. The number of nitrogen functional groups attached to an aromatic ring is 1. The number of hydrogen-bond donors (Lipinski definition) is 1. The molecule has 0 bridgehead atoms. The van der Waals surface area contributed by atoms with Gasteiger partial charge in [-0.25, -0.2) is 0 Å². The van der Waals surface area contributed by atoms with E-state index >= 15 is 0 Å². The van der Waals surface area contributed by atoms with Gasteiger partial charge in [0.15, 0.2) is 5.78 Å². The first kappa shape index (κ1) is 11.5. The summed E-state index contributed by atoms with van der Waals surface area (Å²) in [5.74, 6) is -0.0304. The number of carbonyl (C=O) groups is 1. The highest BCUT2D eigenvalue weighted by atomic mass is 16.1. The van der Waals surface area contributed by atoms with Gasteiger partial charge in [-0.1, -0.05) is 24.3 Å². The van der Waals surface area contributed by atoms with Crippen molar-refractivity contribution in [2.45, 2.75) is 0 Å². The topological polar surface area (TPSA) is 55.5 Å². The summed E-state index contributed by atoms with van der Waals surface area (Å²) < 4.78 is 0. The van der Waals surface area contributed by atoms with Crippen molar-refractivity contribution in [1.29, 1.82) is 0 Å². The Balaban J connectivity index is 2.42. The van der Waals surface area contributed by atoms with Gasteiger partial charge in [0.05, 0.1) is 11.3 Å². The van der Waals surface area contributed by atoms with Crippen LogP contribution in [0.25, 0.3) is 0 Å². The molecule has 1 aromatic carbocycles. The van der Waals surface area contributed by atoms with Crippen molar-refractivity contribution in [2.75, 3.05) is 12.8 Å². The van der Waals surface area contributed by atoms with E-state index in [1.54, 1.807) is 37.4 Å². The maximum Gasteiger partial charge on any atom is 0.195 e. The van der Waals surface area contributed by atoms with E-state index in [0.717, 1.165) is 5.71 Å². The largest absolute Gasteiger partial charge is 0.398 e. The molecule has 0 spiro atoms. The zero-order valence-electron chi connectivity index (χ0n) is 10.5. The van der Waals surface area contributed by atoms with Crippen LogP contribution in [0.4, 0.5) is 5.69 Å². The number of benzene rings is 1. The number of carbonyl (C=O) groups excluding carboxylic acids is 1. The normalized spacial score (nSPS) is 18.6. The minimum absolute atomic E-state index is 0.0304. The molecule has 3 rings (SSSR count). The van der Waals surface area contributed by atoms with Gasteiger partial charge in [-0.2, -0.15) is 0 Å². The number of fused-ring (bicyclic) bond motifs is 2. The van der Waals surface area contributed by atoms with Crippen LogP contribution in [-0.4, -0.2) is 18.5 Å². The second-order valence-corrected chi connectivity index (χ2v) is 4.32. The smallest absolute Gasteiger partial charge is 0.195 e. The van der Waals surface area contributed by atoms with Crippen LogP contribution < -0.4 is 5.73 Å². The van der Waals surface area contributed by atoms with E-state index in [0.29, 0.717) is 28.0 Å². The molecular formula is C16H12N2O. The molecule has 0 aromatic heterocycles. The molecule has 2 aliphatic carbocycles. The molecule has 0 radical (unpaired) electrons. The second-order valence-electron chi connectivity index (χ2n) is 4.32. The summed E-state index contributed by atoms with van der Waals surface area (Å²) in [5, 5.41) is 0. The molecule has 0 heterocycles. The third kappa shape index (κ3) is 1.60. The Morgan fingerprint density at radius 1 is 1.26 bits per heavy atom. The average Bonchev–Trinajstić information content (AvgIpc) is 2.66. The molecule has 0 aliphatic heterocycles. The van der Waals surface area contributed by atoms with Crippen molar-refractivity contribution in [1.82, 2.24) is 0 Å². The fraction of sp³-hybridized carbons (Fsp3) is 0.0625. The molecule has 92 valence electrons. The van der Waals surface area contributed by atoms with Crippen molar-refractivity contribution in [2.24, 2.45) is 4.99 Å². The Morgan fingerprint density at radius 2 is 2.11 bits per heavy atom. The fourth-order valence-corrected chi connectivity index (χ4v) is 2.40. The highest BCUT2D eigenvalue weighted by molar-refractivity contribution is 6.34. The van der Waals surface area contributed by atoms with Crippen LogP contribution in [0.2, 0.25) is 0 Å². The molecule has 0 saturated heterocycles. The first-order valence-electron chi connectivity index (χ1n) is 5.98. The van der Waals surface area contributed by atoms with Crippen LogP contribution in [0.3, 0.4) is 0 Å². The number of ketones is 1. The van der Waals surface area contributed by atoms with Crippen LogP contribution in [0.15, 0.2) is 64.4 Å². The number of nitrogens with zero attached hydrogens (tertiary/aromatic N) is 1. The average molecular weight is 248 g/mol. The molecular weight excluding hydrogens is 236 g/mol. The van der Waals surface area contributed by atoms with Crippen molar-refractivity contribution in [3.05, 3.63) is 70.5 Å². The minimum Gasteiger partial charge on any atom is -0.398 e. The lowest BCUT2D eigenvalue weighted by Gasteiger charge is -2.22. The Hall–Kier alpha value is -2.64. The van der Waals surface area contributed by atoms with Gasteiger partial charge in [-0.15, -0.1) is 5.73 Å². The summed E-state index contributed by atoms with van der Waals surface area (Å²) in [6.45, 7) is 0. The highest BCUT2D eigenvalue weighted by Crippen LogP contribution is 2.33. The molecule has 0 amide bonds. The zero-order valence-corrected chi connectivity index (χ0v) is 10.5. The summed E-state index contributed by atoms with van der Waals surface area (Å²) in [6.07, 6.45) is 7.25. The predicted molar refractivity (Wildman–Crippen MR) is 76.5 cm³/mol. The quantitative estimate of drug-likeness (QED) is 0.566. The molecule has 3 heteroatoms. The zero-order chi connectivity index (χ0) is 13.4. The lowest BCUT2D eigenvalue weighted by Crippen LogP contribution is -2.24. The third-order valence-electron chi connectivity index (χ3n) is 3.25. The molecule has 3 nitrogen and oxygen atoms in total. The number of rotatable bonds is 0. The van der Waals surface area contributed by atoms with E-state index in [9.17, 15) is 4.79 Å². The van der Waals surface area contributed by atoms with Crippen LogP contribution in [0.1, 0.15) is 15.9 Å². The van der Waals surface area contributed by atoms with Crippen molar-refractivity contribution in [3.8, 4) is 0 Å². The summed E-state index contributed by atoms with van der Waals surface area (Å²) in [7, 11) is 1.70. The Morgan fingerprint density at radius 3 is 2.89 bits per heavy atom. The molecule has 2 aliphatic rings. The number of anilines is 1. The summed E-state index contributed by atoms with van der Waals surface area (Å²) in [6, 6.07) is 5.36. The Kier molecular flexibility index (Phi) is 2.55. The maximum atomic E-state index is 12.5. The van der Waals surface area contributed by atoms with E-state index in [4.69, 9.17) is 5.73 Å². The van der Waals surface area contributed by atoms with Gasteiger partial charge in [-0.3, -0.25) is 9.79 Å². The van der Waals surface area contributed by atoms with E-state index < -0.39 is 0 Å². The molecule has 0 atom stereocenters. The van der Waals surface area contributed by atoms with Crippen molar-refractivity contribution < 1.29 is 4.79 Å². The number of allylic oxidation sites excluding steroid dienone is 5. The van der Waals surface area contributed by atoms with Gasteiger partial charge in [0.1, 0.15) is 0 Å². The lowest BCUT2D eigenvalue weighted by molar-refractivity contribution is 0.103. The molecule has 0 fully saturated rings.